The SMILES string of the molecule is O=C(N1CCN(C2CCOCC2)CC1)N(Cc1cn2ccc(-c3nnc(C(F)F)o3)cc2n1)c1cccc(F)c1. The second-order valence-corrected chi connectivity index (χ2v) is 9.87. The summed E-state index contributed by atoms with van der Waals surface area (Å²) >= 11 is 0. The van der Waals surface area contributed by atoms with Gasteiger partial charge in [-0.3, -0.25) is 9.80 Å². The molecule has 2 fully saturated rings. The fraction of sp³-hybridized carbons (Fsp3) is 0.407. The Morgan fingerprint density at radius 1 is 1.07 bits per heavy atom. The number of hydrogen-bond donors (Lipinski definition) is 0. The zero-order valence-electron chi connectivity index (χ0n) is 21.6. The molecule has 2 saturated heterocycles. The van der Waals surface area contributed by atoms with Crippen LogP contribution < -0.4 is 4.90 Å². The van der Waals surface area contributed by atoms with Gasteiger partial charge in [0.25, 0.3) is 5.89 Å². The van der Waals surface area contributed by atoms with Gasteiger partial charge in [0.2, 0.25) is 5.89 Å². The first-order valence-corrected chi connectivity index (χ1v) is 13.2. The second kappa shape index (κ2) is 11.3. The van der Waals surface area contributed by atoms with Gasteiger partial charge in [0, 0.05) is 69.1 Å². The summed E-state index contributed by atoms with van der Waals surface area (Å²) < 4.78 is 52.2. The van der Waals surface area contributed by atoms with Crippen molar-refractivity contribution in [1.29, 1.82) is 0 Å². The van der Waals surface area contributed by atoms with Crippen LogP contribution in [0.3, 0.4) is 0 Å². The molecular weight excluding hydrogens is 527 g/mol. The topological polar surface area (TPSA) is 92.2 Å². The van der Waals surface area contributed by atoms with Gasteiger partial charge in [0.05, 0.1) is 12.2 Å². The Kier molecular flexibility index (Phi) is 7.39. The molecule has 3 aromatic heterocycles. The number of fused-ring (bicyclic) bond motifs is 1. The van der Waals surface area contributed by atoms with Crippen LogP contribution in [0.15, 0.2) is 53.2 Å². The van der Waals surface area contributed by atoms with E-state index in [1.807, 2.05) is 0 Å². The number of pyridine rings is 1. The van der Waals surface area contributed by atoms with Crippen LogP contribution in [0.5, 0.6) is 0 Å². The van der Waals surface area contributed by atoms with Crippen molar-refractivity contribution in [3.63, 3.8) is 0 Å². The maximum atomic E-state index is 14.2. The van der Waals surface area contributed by atoms with Gasteiger partial charge in [-0.2, -0.15) is 8.78 Å². The van der Waals surface area contributed by atoms with Crippen LogP contribution in [0.2, 0.25) is 0 Å². The van der Waals surface area contributed by atoms with Crippen LogP contribution in [0.4, 0.5) is 23.7 Å². The number of carbonyl (C=O) groups is 1. The molecule has 5 heterocycles. The molecule has 0 unspecified atom stereocenters. The fourth-order valence-corrected chi connectivity index (χ4v) is 5.26. The van der Waals surface area contributed by atoms with Gasteiger partial charge in [-0.25, -0.2) is 14.2 Å². The minimum Gasteiger partial charge on any atom is -0.415 e. The van der Waals surface area contributed by atoms with Gasteiger partial charge >= 0.3 is 12.5 Å². The Bertz CT molecular complexity index is 1480. The largest absolute Gasteiger partial charge is 0.415 e. The van der Waals surface area contributed by atoms with Crippen molar-refractivity contribution in [2.75, 3.05) is 44.3 Å². The lowest BCUT2D eigenvalue weighted by atomic mass is 10.1. The van der Waals surface area contributed by atoms with E-state index in [1.165, 1.54) is 17.0 Å². The van der Waals surface area contributed by atoms with Crippen molar-refractivity contribution in [2.24, 2.45) is 0 Å². The summed E-state index contributed by atoms with van der Waals surface area (Å²) in [4.78, 5) is 24.2. The molecule has 0 atom stereocenters. The number of piperazine rings is 1. The number of ether oxygens (including phenoxy) is 1. The molecule has 4 aromatic rings. The van der Waals surface area contributed by atoms with Crippen LogP contribution in [0.1, 0.15) is 30.9 Å². The Morgan fingerprint density at radius 3 is 2.60 bits per heavy atom. The lowest BCUT2D eigenvalue weighted by Gasteiger charge is -2.41. The average Bonchev–Trinajstić information content (AvgIpc) is 3.63. The maximum absolute atomic E-state index is 14.2. The van der Waals surface area contributed by atoms with E-state index in [1.54, 1.807) is 46.0 Å². The lowest BCUT2D eigenvalue weighted by Crippen LogP contribution is -2.55. The summed E-state index contributed by atoms with van der Waals surface area (Å²) in [5, 5.41) is 7.06. The van der Waals surface area contributed by atoms with Crippen molar-refractivity contribution in [3.8, 4) is 11.5 Å². The molecule has 40 heavy (non-hydrogen) atoms. The molecule has 1 aromatic carbocycles. The molecule has 0 bridgehead atoms. The van der Waals surface area contributed by atoms with E-state index < -0.39 is 18.1 Å². The summed E-state index contributed by atoms with van der Waals surface area (Å²) in [5.41, 5.74) is 1.93. The normalized spacial score (nSPS) is 17.1. The second-order valence-electron chi connectivity index (χ2n) is 9.87. The Morgan fingerprint density at radius 2 is 1.88 bits per heavy atom. The van der Waals surface area contributed by atoms with E-state index >= 15 is 0 Å². The molecule has 6 rings (SSSR count). The van der Waals surface area contributed by atoms with Gasteiger partial charge in [-0.15, -0.1) is 10.2 Å². The number of aromatic nitrogens is 4. The van der Waals surface area contributed by atoms with Crippen molar-refractivity contribution < 1.29 is 27.1 Å². The number of benzene rings is 1. The summed E-state index contributed by atoms with van der Waals surface area (Å²) in [7, 11) is 0. The molecule has 0 N–H and O–H groups in total. The molecule has 210 valence electrons. The van der Waals surface area contributed by atoms with Crippen LogP contribution >= 0.6 is 0 Å². The van der Waals surface area contributed by atoms with Gasteiger partial charge in [-0.05, 0) is 43.2 Å². The van der Waals surface area contributed by atoms with Crippen molar-refractivity contribution >= 4 is 17.4 Å². The molecular formula is C27H28F3N7O3. The van der Waals surface area contributed by atoms with Crippen LogP contribution in [-0.4, -0.2) is 80.8 Å². The van der Waals surface area contributed by atoms with Crippen molar-refractivity contribution in [3.05, 3.63) is 66.2 Å². The number of imidazole rings is 1. The number of rotatable bonds is 6. The Balaban J connectivity index is 1.21. The van der Waals surface area contributed by atoms with Gasteiger partial charge in [0.15, 0.2) is 0 Å². The first-order valence-electron chi connectivity index (χ1n) is 13.2. The molecule has 0 saturated carbocycles. The number of halogens is 3. The summed E-state index contributed by atoms with van der Waals surface area (Å²) in [6, 6.07) is 9.47. The fourth-order valence-electron chi connectivity index (χ4n) is 5.26. The predicted octanol–water partition coefficient (Wildman–Crippen LogP) is 4.38. The zero-order chi connectivity index (χ0) is 27.6. The smallest absolute Gasteiger partial charge is 0.324 e. The predicted molar refractivity (Wildman–Crippen MR) is 138 cm³/mol. The number of nitrogens with zero attached hydrogens (tertiary/aromatic N) is 7. The van der Waals surface area contributed by atoms with E-state index in [0.717, 1.165) is 39.1 Å². The number of alkyl halides is 2. The van der Waals surface area contributed by atoms with Gasteiger partial charge < -0.3 is 18.5 Å². The van der Waals surface area contributed by atoms with Crippen LogP contribution in [-0.2, 0) is 11.3 Å². The molecule has 13 heteroatoms. The average molecular weight is 556 g/mol. The summed E-state index contributed by atoms with van der Waals surface area (Å²) in [6.07, 6.45) is 2.59. The van der Waals surface area contributed by atoms with Gasteiger partial charge in [-0.1, -0.05) is 6.07 Å². The van der Waals surface area contributed by atoms with E-state index in [0.29, 0.717) is 41.7 Å². The quantitative estimate of drug-likeness (QED) is 0.349. The molecule has 2 amide bonds. The van der Waals surface area contributed by atoms with Crippen molar-refractivity contribution in [2.45, 2.75) is 31.9 Å². The van der Waals surface area contributed by atoms with E-state index in [-0.39, 0.29) is 18.5 Å². The standard InChI is InChI=1S/C27H28F3N7O3/c28-19-2-1-3-22(15-19)37(27(38)35-10-8-34(9-11-35)21-5-12-39-13-6-21)17-20-16-36-7-4-18(14-23(36)31-20)25-32-33-26(40-25)24(29)30/h1-4,7,14-16,21,24H,5-6,8-13,17H2. The third-order valence-electron chi connectivity index (χ3n) is 7.35. The van der Waals surface area contributed by atoms with E-state index in [2.05, 4.69) is 20.1 Å². The van der Waals surface area contributed by atoms with E-state index in [4.69, 9.17) is 9.15 Å². The molecule has 10 nitrogen and oxygen atoms in total. The number of urea groups is 1. The molecule has 0 radical (unpaired) electrons. The number of hydrogen-bond acceptors (Lipinski definition) is 7. The summed E-state index contributed by atoms with van der Waals surface area (Å²) in [6.45, 7) is 4.33. The van der Waals surface area contributed by atoms with Crippen LogP contribution in [0.25, 0.3) is 17.1 Å². The van der Waals surface area contributed by atoms with Gasteiger partial charge in [0.1, 0.15) is 11.5 Å². The minimum atomic E-state index is -2.86. The zero-order valence-corrected chi connectivity index (χ0v) is 21.6. The molecule has 2 aliphatic rings. The highest BCUT2D eigenvalue weighted by atomic mass is 19.3. The highest BCUT2D eigenvalue weighted by Gasteiger charge is 2.30. The molecule has 0 aliphatic carbocycles. The first-order chi connectivity index (χ1) is 19.4. The van der Waals surface area contributed by atoms with Crippen LogP contribution in [0, 0.1) is 5.82 Å². The minimum absolute atomic E-state index is 0.0428. The molecule has 0 spiro atoms. The van der Waals surface area contributed by atoms with Crippen molar-refractivity contribution in [1.82, 2.24) is 29.4 Å². The Hall–Kier alpha value is -3.97. The number of amides is 2. The highest BCUT2D eigenvalue weighted by molar-refractivity contribution is 5.92. The number of anilines is 1. The molecule has 2 aliphatic heterocycles. The highest BCUT2D eigenvalue weighted by Crippen LogP contribution is 2.26. The third kappa shape index (κ3) is 5.52. The first kappa shape index (κ1) is 26.3. The monoisotopic (exact) mass is 555 g/mol. The summed E-state index contributed by atoms with van der Waals surface area (Å²) in [5.74, 6) is -1.24. The van der Waals surface area contributed by atoms with E-state index in [9.17, 15) is 18.0 Å². The number of carbonyl (C=O) groups excluding carboxylic acids is 1. The maximum Gasteiger partial charge on any atom is 0.324 e. The lowest BCUT2D eigenvalue weighted by molar-refractivity contribution is 0.0191. The third-order valence-corrected chi connectivity index (χ3v) is 7.35. The Labute approximate surface area is 228 Å².